The molecule has 1 unspecified atom stereocenters. The van der Waals surface area contributed by atoms with E-state index in [1.165, 1.54) is 0 Å². The number of carbonyl (C=O) groups excluding carboxylic acids is 2. The van der Waals surface area contributed by atoms with Crippen molar-refractivity contribution in [2.75, 3.05) is 11.9 Å². The normalized spacial score (nSPS) is 11.9. The van der Waals surface area contributed by atoms with E-state index in [4.69, 9.17) is 0 Å². The average molecular weight is 389 g/mol. The fourth-order valence-electron chi connectivity index (χ4n) is 3.37. The number of aryl methyl sites for hydroxylation is 2. The van der Waals surface area contributed by atoms with E-state index >= 15 is 0 Å². The van der Waals surface area contributed by atoms with Crippen LogP contribution in [0.4, 0.5) is 5.69 Å². The molecule has 2 aromatic carbocycles. The zero-order valence-corrected chi connectivity index (χ0v) is 17.4. The number of para-hydroxylation sites is 1. The van der Waals surface area contributed by atoms with Gasteiger partial charge in [-0.1, -0.05) is 37.3 Å². The summed E-state index contributed by atoms with van der Waals surface area (Å²) in [5, 5.41) is 3.81. The first-order chi connectivity index (χ1) is 13.9. The van der Waals surface area contributed by atoms with Gasteiger partial charge in [0.1, 0.15) is 6.04 Å². The monoisotopic (exact) mass is 389 g/mol. The Morgan fingerprint density at radius 2 is 1.79 bits per heavy atom. The van der Waals surface area contributed by atoms with E-state index in [2.05, 4.69) is 10.3 Å². The highest BCUT2D eigenvalue weighted by Crippen LogP contribution is 2.21. The number of hydrogen-bond donors (Lipinski definition) is 1. The number of pyridine rings is 1. The summed E-state index contributed by atoms with van der Waals surface area (Å²) in [5.74, 6) is -0.380. The fraction of sp³-hybridized carbons (Fsp3) is 0.292. The van der Waals surface area contributed by atoms with Crippen LogP contribution in [0.1, 0.15) is 41.9 Å². The molecule has 0 saturated carbocycles. The predicted molar refractivity (Wildman–Crippen MR) is 117 cm³/mol. The number of amides is 2. The topological polar surface area (TPSA) is 62.3 Å². The van der Waals surface area contributed by atoms with Gasteiger partial charge in [0.25, 0.3) is 5.91 Å². The molecular weight excluding hydrogens is 362 g/mol. The van der Waals surface area contributed by atoms with Gasteiger partial charge < -0.3 is 10.2 Å². The number of aromatic nitrogens is 1. The number of carbonyl (C=O) groups is 2. The summed E-state index contributed by atoms with van der Waals surface area (Å²) in [6.07, 6.45) is 0.758. The maximum Gasteiger partial charge on any atom is 0.256 e. The van der Waals surface area contributed by atoms with E-state index in [9.17, 15) is 9.59 Å². The van der Waals surface area contributed by atoms with Crippen molar-refractivity contribution in [1.29, 1.82) is 0 Å². The zero-order chi connectivity index (χ0) is 21.0. The lowest BCUT2D eigenvalue weighted by molar-refractivity contribution is -0.120. The second-order valence-electron chi connectivity index (χ2n) is 7.35. The highest BCUT2D eigenvalue weighted by molar-refractivity contribution is 6.03. The fourth-order valence-corrected chi connectivity index (χ4v) is 3.37. The summed E-state index contributed by atoms with van der Waals surface area (Å²) in [7, 11) is 0. The lowest BCUT2D eigenvalue weighted by Crippen LogP contribution is -2.46. The SMILES string of the molecule is CCCN(C(=O)c1cc2ccc(C)cc2nc1C)C(C)C(=O)Nc1ccccc1. The van der Waals surface area contributed by atoms with E-state index < -0.39 is 6.04 Å². The van der Waals surface area contributed by atoms with Crippen molar-refractivity contribution in [2.24, 2.45) is 0 Å². The van der Waals surface area contributed by atoms with Crippen molar-refractivity contribution in [3.63, 3.8) is 0 Å². The largest absolute Gasteiger partial charge is 0.327 e. The molecule has 0 radical (unpaired) electrons. The summed E-state index contributed by atoms with van der Waals surface area (Å²) in [6.45, 7) is 8.11. The van der Waals surface area contributed by atoms with Crippen molar-refractivity contribution in [3.8, 4) is 0 Å². The van der Waals surface area contributed by atoms with Crippen LogP contribution in [0, 0.1) is 13.8 Å². The Hall–Kier alpha value is -3.21. The van der Waals surface area contributed by atoms with E-state index in [-0.39, 0.29) is 11.8 Å². The third-order valence-corrected chi connectivity index (χ3v) is 5.01. The number of hydrogen-bond acceptors (Lipinski definition) is 3. The van der Waals surface area contributed by atoms with Crippen LogP contribution in [0.15, 0.2) is 54.6 Å². The first-order valence-electron chi connectivity index (χ1n) is 9.95. The van der Waals surface area contributed by atoms with Crippen molar-refractivity contribution in [2.45, 2.75) is 40.2 Å². The minimum atomic E-state index is -0.601. The van der Waals surface area contributed by atoms with Crippen LogP contribution in [0.25, 0.3) is 10.9 Å². The zero-order valence-electron chi connectivity index (χ0n) is 17.4. The van der Waals surface area contributed by atoms with Gasteiger partial charge in [0.05, 0.1) is 16.8 Å². The number of benzene rings is 2. The van der Waals surface area contributed by atoms with Crippen LogP contribution < -0.4 is 5.32 Å². The third kappa shape index (κ3) is 4.62. The smallest absolute Gasteiger partial charge is 0.256 e. The molecule has 3 aromatic rings. The Kier molecular flexibility index (Phi) is 6.27. The van der Waals surface area contributed by atoms with Gasteiger partial charge in [0, 0.05) is 17.6 Å². The van der Waals surface area contributed by atoms with E-state index in [0.29, 0.717) is 23.5 Å². The Balaban J connectivity index is 1.89. The van der Waals surface area contributed by atoms with Crippen molar-refractivity contribution in [1.82, 2.24) is 9.88 Å². The maximum atomic E-state index is 13.4. The van der Waals surface area contributed by atoms with Crippen LogP contribution in [-0.4, -0.2) is 34.3 Å². The van der Waals surface area contributed by atoms with Crippen LogP contribution in [-0.2, 0) is 4.79 Å². The van der Waals surface area contributed by atoms with Gasteiger partial charge in [-0.15, -0.1) is 0 Å². The number of nitrogens with zero attached hydrogens (tertiary/aromatic N) is 2. The van der Waals surface area contributed by atoms with Crippen LogP contribution in [0.3, 0.4) is 0 Å². The highest BCUT2D eigenvalue weighted by Gasteiger charge is 2.27. The molecule has 29 heavy (non-hydrogen) atoms. The van der Waals surface area contributed by atoms with Crippen molar-refractivity contribution in [3.05, 3.63) is 71.4 Å². The molecule has 1 aromatic heterocycles. The standard InChI is InChI=1S/C24H27N3O2/c1-5-13-27(18(4)23(28)26-20-9-7-6-8-10-20)24(29)21-15-19-12-11-16(2)14-22(19)25-17(21)3/h6-12,14-15,18H,5,13H2,1-4H3,(H,26,28). The molecule has 0 aliphatic heterocycles. The molecule has 5 heteroatoms. The summed E-state index contributed by atoms with van der Waals surface area (Å²) in [4.78, 5) is 32.4. The van der Waals surface area contributed by atoms with Gasteiger partial charge in [-0.25, -0.2) is 0 Å². The quantitative estimate of drug-likeness (QED) is 0.663. The van der Waals surface area contributed by atoms with E-state index in [1.54, 1.807) is 11.8 Å². The molecule has 0 saturated heterocycles. The Morgan fingerprint density at radius 1 is 1.07 bits per heavy atom. The maximum absolute atomic E-state index is 13.4. The third-order valence-electron chi connectivity index (χ3n) is 5.01. The minimum absolute atomic E-state index is 0.171. The Bertz CT molecular complexity index is 1030. The summed E-state index contributed by atoms with van der Waals surface area (Å²) in [5.41, 5.74) is 3.92. The van der Waals surface area contributed by atoms with Crippen LogP contribution in [0.2, 0.25) is 0 Å². The molecule has 2 amide bonds. The molecule has 0 spiro atoms. The molecular formula is C24H27N3O2. The lowest BCUT2D eigenvalue weighted by atomic mass is 10.1. The molecule has 1 atom stereocenters. The molecule has 1 N–H and O–H groups in total. The van der Waals surface area contributed by atoms with Crippen molar-refractivity contribution < 1.29 is 9.59 Å². The van der Waals surface area contributed by atoms with E-state index in [1.807, 2.05) is 75.4 Å². The average Bonchev–Trinajstić information content (AvgIpc) is 2.71. The molecule has 0 aliphatic carbocycles. The number of nitrogens with one attached hydrogen (secondary N) is 1. The van der Waals surface area contributed by atoms with Gasteiger partial charge >= 0.3 is 0 Å². The summed E-state index contributed by atoms with van der Waals surface area (Å²) >= 11 is 0. The second kappa shape index (κ2) is 8.86. The van der Waals surface area contributed by atoms with Crippen LogP contribution >= 0.6 is 0 Å². The number of rotatable bonds is 6. The van der Waals surface area contributed by atoms with Gasteiger partial charge in [0.2, 0.25) is 5.91 Å². The minimum Gasteiger partial charge on any atom is -0.327 e. The predicted octanol–water partition coefficient (Wildman–Crippen LogP) is 4.73. The second-order valence-corrected chi connectivity index (χ2v) is 7.35. The highest BCUT2D eigenvalue weighted by atomic mass is 16.2. The molecule has 1 heterocycles. The lowest BCUT2D eigenvalue weighted by Gasteiger charge is -2.28. The molecule has 0 fully saturated rings. The number of fused-ring (bicyclic) bond motifs is 1. The molecule has 0 bridgehead atoms. The Labute approximate surface area is 171 Å². The summed E-state index contributed by atoms with van der Waals surface area (Å²) in [6, 6.07) is 16.5. The van der Waals surface area contributed by atoms with Crippen molar-refractivity contribution >= 4 is 28.4 Å². The first kappa shape index (κ1) is 20.5. The first-order valence-corrected chi connectivity index (χ1v) is 9.95. The molecule has 0 aliphatic rings. The molecule has 5 nitrogen and oxygen atoms in total. The van der Waals surface area contributed by atoms with Gasteiger partial charge in [-0.05, 0) is 57.0 Å². The number of anilines is 1. The van der Waals surface area contributed by atoms with E-state index in [0.717, 1.165) is 22.9 Å². The van der Waals surface area contributed by atoms with Gasteiger partial charge in [-0.3, -0.25) is 14.6 Å². The summed E-state index contributed by atoms with van der Waals surface area (Å²) < 4.78 is 0. The molecule has 150 valence electrons. The Morgan fingerprint density at radius 3 is 2.48 bits per heavy atom. The van der Waals surface area contributed by atoms with Crippen LogP contribution in [0.5, 0.6) is 0 Å². The van der Waals surface area contributed by atoms with Gasteiger partial charge in [0.15, 0.2) is 0 Å². The van der Waals surface area contributed by atoms with Gasteiger partial charge in [-0.2, -0.15) is 0 Å². The molecule has 3 rings (SSSR count).